The van der Waals surface area contributed by atoms with E-state index in [4.69, 9.17) is 0 Å². The van der Waals surface area contributed by atoms with Gasteiger partial charge in [0.2, 0.25) is 0 Å². The summed E-state index contributed by atoms with van der Waals surface area (Å²) >= 11 is 0. The molecule has 0 bridgehead atoms. The minimum absolute atomic E-state index is 0.121. The van der Waals surface area contributed by atoms with Crippen LogP contribution in [0.1, 0.15) is 39.6 Å². The summed E-state index contributed by atoms with van der Waals surface area (Å²) in [5.41, 5.74) is 0.122. The first-order valence-corrected chi connectivity index (χ1v) is 9.78. The number of nitrogens with one attached hydrogen (secondary N) is 1. The molecule has 0 atom stereocenters. The molecule has 7 nitrogen and oxygen atoms in total. The Kier molecular flexibility index (Phi) is 5.66. The molecule has 0 saturated carbocycles. The Morgan fingerprint density at radius 3 is 2.39 bits per heavy atom. The number of piperidine rings is 1. The molecule has 1 saturated heterocycles. The highest BCUT2D eigenvalue weighted by atomic mass is 19.1. The number of phenols is 1. The van der Waals surface area contributed by atoms with E-state index in [-0.39, 0.29) is 34.5 Å². The Morgan fingerprint density at radius 2 is 1.77 bits per heavy atom. The Hall–Kier alpha value is -3.75. The molecule has 2 aromatic carbocycles. The smallest absolute Gasteiger partial charge is 0.257 e. The summed E-state index contributed by atoms with van der Waals surface area (Å²) in [5, 5.41) is 12.8. The van der Waals surface area contributed by atoms with Crippen LogP contribution in [0.15, 0.2) is 55.1 Å². The number of amides is 2. The number of imidazole rings is 1. The van der Waals surface area contributed by atoms with E-state index in [1.165, 1.54) is 18.2 Å². The molecule has 0 aliphatic carbocycles. The molecule has 0 radical (unpaired) electrons. The van der Waals surface area contributed by atoms with Crippen molar-refractivity contribution >= 4 is 17.5 Å². The van der Waals surface area contributed by atoms with Crippen molar-refractivity contribution in [3.05, 3.63) is 77.9 Å². The minimum atomic E-state index is -0.870. The molecular weight excluding hydrogens is 406 g/mol. The first kappa shape index (κ1) is 20.5. The summed E-state index contributed by atoms with van der Waals surface area (Å²) in [7, 11) is 0. The number of hydrogen-bond acceptors (Lipinski definition) is 4. The SMILES string of the molecule is O=C(Nc1ccc(C(=O)N2CCC(n3ccnc3)CC2)c(O)c1)c1cc(F)cc(F)c1. The van der Waals surface area contributed by atoms with Crippen molar-refractivity contribution in [1.82, 2.24) is 14.5 Å². The number of carbonyl (C=O) groups excluding carboxylic acids is 2. The zero-order valence-electron chi connectivity index (χ0n) is 16.5. The van der Waals surface area contributed by atoms with Crippen LogP contribution in [0.4, 0.5) is 14.5 Å². The van der Waals surface area contributed by atoms with E-state index in [0.29, 0.717) is 19.2 Å². The number of rotatable bonds is 4. The summed E-state index contributed by atoms with van der Waals surface area (Å²) in [6.45, 7) is 1.09. The summed E-state index contributed by atoms with van der Waals surface area (Å²) in [6.07, 6.45) is 6.95. The van der Waals surface area contributed by atoms with Crippen LogP contribution < -0.4 is 5.32 Å². The number of likely N-dealkylation sites (tertiary alicyclic amines) is 1. The average Bonchev–Trinajstić information content (AvgIpc) is 3.28. The first-order valence-electron chi connectivity index (χ1n) is 9.78. The lowest BCUT2D eigenvalue weighted by Crippen LogP contribution is -2.39. The quantitative estimate of drug-likeness (QED) is 0.668. The monoisotopic (exact) mass is 426 g/mol. The van der Waals surface area contributed by atoms with Crippen molar-refractivity contribution in [2.75, 3.05) is 18.4 Å². The summed E-state index contributed by atoms with van der Waals surface area (Å²) in [6, 6.07) is 6.87. The van der Waals surface area contributed by atoms with E-state index in [2.05, 4.69) is 10.3 Å². The van der Waals surface area contributed by atoms with Crippen LogP contribution >= 0.6 is 0 Å². The van der Waals surface area contributed by atoms with Crippen molar-refractivity contribution in [1.29, 1.82) is 0 Å². The standard InChI is InChI=1S/C22H20F2N4O3/c23-15-9-14(10-16(24)11-15)21(30)26-17-1-2-19(20(29)12-17)22(31)27-6-3-18(4-7-27)28-8-5-25-13-28/h1-2,5,8-13,18,29H,3-4,6-7H2,(H,26,30). The zero-order chi connectivity index (χ0) is 22.0. The van der Waals surface area contributed by atoms with Crippen LogP contribution in [-0.2, 0) is 0 Å². The third-order valence-corrected chi connectivity index (χ3v) is 5.31. The number of hydrogen-bond donors (Lipinski definition) is 2. The van der Waals surface area contributed by atoms with Gasteiger partial charge in [0, 0.05) is 54.9 Å². The fourth-order valence-corrected chi connectivity index (χ4v) is 3.70. The van der Waals surface area contributed by atoms with E-state index in [9.17, 15) is 23.5 Å². The van der Waals surface area contributed by atoms with Crippen molar-refractivity contribution in [2.45, 2.75) is 18.9 Å². The van der Waals surface area contributed by atoms with Gasteiger partial charge in [-0.3, -0.25) is 9.59 Å². The number of aromatic hydroxyl groups is 1. The van der Waals surface area contributed by atoms with Crippen molar-refractivity contribution in [2.24, 2.45) is 0 Å². The second kappa shape index (κ2) is 8.55. The second-order valence-electron chi connectivity index (χ2n) is 7.38. The molecule has 0 unspecified atom stereocenters. The molecule has 1 aliphatic heterocycles. The molecule has 2 amide bonds. The normalized spacial score (nSPS) is 14.5. The first-order chi connectivity index (χ1) is 14.9. The number of aromatic nitrogens is 2. The van der Waals surface area contributed by atoms with E-state index >= 15 is 0 Å². The van der Waals surface area contributed by atoms with Gasteiger partial charge in [-0.05, 0) is 37.1 Å². The van der Waals surface area contributed by atoms with Crippen LogP contribution in [0.2, 0.25) is 0 Å². The fourth-order valence-electron chi connectivity index (χ4n) is 3.70. The predicted molar refractivity (Wildman–Crippen MR) is 109 cm³/mol. The molecule has 1 aromatic heterocycles. The van der Waals surface area contributed by atoms with Crippen molar-refractivity contribution < 1.29 is 23.5 Å². The van der Waals surface area contributed by atoms with Gasteiger partial charge in [0.1, 0.15) is 17.4 Å². The van der Waals surface area contributed by atoms with E-state index in [0.717, 1.165) is 25.0 Å². The Balaban J connectivity index is 1.41. The molecule has 2 heterocycles. The number of carbonyl (C=O) groups is 2. The summed E-state index contributed by atoms with van der Waals surface area (Å²) in [4.78, 5) is 30.8. The molecular formula is C22H20F2N4O3. The Bertz CT molecular complexity index is 1090. The molecule has 4 rings (SSSR count). The largest absolute Gasteiger partial charge is 0.507 e. The van der Waals surface area contributed by atoms with E-state index < -0.39 is 17.5 Å². The van der Waals surface area contributed by atoms with Gasteiger partial charge in [-0.25, -0.2) is 13.8 Å². The topological polar surface area (TPSA) is 87.5 Å². The van der Waals surface area contributed by atoms with E-state index in [1.54, 1.807) is 17.4 Å². The van der Waals surface area contributed by atoms with Gasteiger partial charge >= 0.3 is 0 Å². The lowest BCUT2D eigenvalue weighted by molar-refractivity contribution is 0.0691. The lowest BCUT2D eigenvalue weighted by Gasteiger charge is -2.32. The third-order valence-electron chi connectivity index (χ3n) is 5.31. The van der Waals surface area contributed by atoms with Crippen LogP contribution in [0.3, 0.4) is 0 Å². The number of benzene rings is 2. The van der Waals surface area contributed by atoms with Gasteiger partial charge in [-0.15, -0.1) is 0 Å². The zero-order valence-corrected chi connectivity index (χ0v) is 16.5. The maximum atomic E-state index is 13.3. The predicted octanol–water partition coefficient (Wildman–Crippen LogP) is 3.60. The minimum Gasteiger partial charge on any atom is -0.507 e. The highest BCUT2D eigenvalue weighted by molar-refractivity contribution is 6.05. The van der Waals surface area contributed by atoms with Crippen LogP contribution in [-0.4, -0.2) is 44.5 Å². The summed E-state index contributed by atoms with van der Waals surface area (Å²) < 4.78 is 28.6. The fraction of sp³-hybridized carbons (Fsp3) is 0.227. The maximum Gasteiger partial charge on any atom is 0.257 e. The van der Waals surface area contributed by atoms with Crippen LogP contribution in [0.25, 0.3) is 0 Å². The van der Waals surface area contributed by atoms with E-state index in [1.807, 2.05) is 10.8 Å². The van der Waals surface area contributed by atoms with Gasteiger partial charge in [0.25, 0.3) is 11.8 Å². The van der Waals surface area contributed by atoms with Gasteiger partial charge in [0.15, 0.2) is 0 Å². The highest BCUT2D eigenvalue weighted by Crippen LogP contribution is 2.27. The molecule has 0 spiro atoms. The maximum absolute atomic E-state index is 13.3. The molecule has 1 aliphatic rings. The number of anilines is 1. The number of halogens is 2. The highest BCUT2D eigenvalue weighted by Gasteiger charge is 2.26. The molecule has 2 N–H and O–H groups in total. The second-order valence-corrected chi connectivity index (χ2v) is 7.38. The number of phenolic OH excluding ortho intramolecular Hbond substituents is 1. The molecule has 3 aromatic rings. The van der Waals surface area contributed by atoms with Gasteiger partial charge < -0.3 is 19.9 Å². The molecule has 31 heavy (non-hydrogen) atoms. The Morgan fingerprint density at radius 1 is 1.06 bits per heavy atom. The summed E-state index contributed by atoms with van der Waals surface area (Å²) in [5.74, 6) is -3.06. The van der Waals surface area contributed by atoms with Crippen LogP contribution in [0.5, 0.6) is 5.75 Å². The molecule has 160 valence electrons. The van der Waals surface area contributed by atoms with Gasteiger partial charge in [-0.1, -0.05) is 0 Å². The van der Waals surface area contributed by atoms with Gasteiger partial charge in [-0.2, -0.15) is 0 Å². The van der Waals surface area contributed by atoms with Crippen molar-refractivity contribution in [3.8, 4) is 5.75 Å². The average molecular weight is 426 g/mol. The number of nitrogens with zero attached hydrogens (tertiary/aromatic N) is 3. The Labute approximate surface area is 176 Å². The third kappa shape index (κ3) is 4.55. The lowest BCUT2D eigenvalue weighted by atomic mass is 10.0. The molecule has 9 heteroatoms. The van der Waals surface area contributed by atoms with Gasteiger partial charge in [0.05, 0.1) is 11.9 Å². The van der Waals surface area contributed by atoms with Crippen molar-refractivity contribution in [3.63, 3.8) is 0 Å². The molecule has 1 fully saturated rings. The van der Waals surface area contributed by atoms with Crippen LogP contribution in [0, 0.1) is 11.6 Å².